The maximum absolute atomic E-state index is 7.56. The molecule has 0 unspecified atom stereocenters. The molecular formula is C76H93N5Zn. The molecule has 8 bridgehead atoms. The SMILES string of the molecule is CC(C)(C)c1cc(-c2c3nc(c(-c4cc(C(C)(C)C)cc(C(C)(C)C)c4)c4ccc([n-]4)c(-c4cc(C(C)(C)C)cc(C(C)(C)C)c4)c4nc(c(-c5cc(C(C)(C)C)cc(C(C)(C)C)c5)c5ccc2[n-]5)C=C4N)C=C3)cc(C(C)(C)C)c1.[Zn+2]. The van der Waals surface area contributed by atoms with Crippen LogP contribution in [-0.4, -0.2) is 9.97 Å². The van der Waals surface area contributed by atoms with Gasteiger partial charge in [0.1, 0.15) is 0 Å². The van der Waals surface area contributed by atoms with Crippen LogP contribution in [0.1, 0.15) is 233 Å². The molecule has 424 valence electrons. The summed E-state index contributed by atoms with van der Waals surface area (Å²) in [5.41, 5.74) is 31.5. The molecule has 2 N–H and O–H groups in total. The molecule has 3 aromatic heterocycles. The minimum atomic E-state index is -0.149. The fraction of sp³-hybridized carbons (Fsp3) is 0.421. The zero-order valence-corrected chi connectivity index (χ0v) is 57.5. The third kappa shape index (κ3) is 12.6. The summed E-state index contributed by atoms with van der Waals surface area (Å²) in [6.07, 6.45) is 6.50. The second kappa shape index (κ2) is 20.9. The summed E-state index contributed by atoms with van der Waals surface area (Å²) in [6.45, 7) is 55.2. The molecule has 0 amide bonds. The molecule has 0 saturated carbocycles. The number of nitrogens with zero attached hydrogens (tertiary/aromatic N) is 4. The quantitative estimate of drug-likeness (QED) is 0.178. The van der Waals surface area contributed by atoms with Crippen molar-refractivity contribution in [2.45, 2.75) is 209 Å². The molecule has 0 aliphatic carbocycles. The maximum Gasteiger partial charge on any atom is 2.00 e. The Morgan fingerprint density at radius 2 is 0.512 bits per heavy atom. The molecule has 82 heavy (non-hydrogen) atoms. The van der Waals surface area contributed by atoms with E-state index in [0.717, 1.165) is 83.7 Å². The minimum absolute atomic E-state index is 0. The van der Waals surface area contributed by atoms with E-state index in [2.05, 4.69) is 281 Å². The number of hydrogen-bond acceptors (Lipinski definition) is 3. The van der Waals surface area contributed by atoms with Crippen molar-refractivity contribution in [2.24, 2.45) is 5.73 Å². The summed E-state index contributed by atoms with van der Waals surface area (Å²) in [4.78, 5) is 23.3. The third-order valence-corrected chi connectivity index (χ3v) is 16.6. The maximum atomic E-state index is 7.56. The zero-order chi connectivity index (χ0) is 59.7. The molecule has 0 atom stereocenters. The van der Waals surface area contributed by atoms with Gasteiger partial charge in [0.15, 0.2) is 0 Å². The molecule has 2 aliphatic rings. The van der Waals surface area contributed by atoms with Crippen LogP contribution >= 0.6 is 0 Å². The standard InChI is InChI=1S/C76H93N5.Zn/c1-69(2,3)48-31-44(32-49(39-48)70(4,5)6)64-57-25-26-58(78-57)65(45-33-50(71(7,8)9)40-51(34-45)72(10,11)12)60-29-30-62(80-60)67(47-37-54(75(19,20)21)42-55(38-47)76(22,23)24)68-56(77)43-63(81-68)66(61-28-27-59(64)79-61)46-35-52(73(13,14)15)41-53(36-46)74(16,17)18;/h25-43H,77H2,1-24H3;/q-2;+2. The fourth-order valence-corrected chi connectivity index (χ4v) is 10.9. The van der Waals surface area contributed by atoms with Crippen molar-refractivity contribution in [3.05, 3.63) is 164 Å². The molecule has 5 heterocycles. The minimum Gasteiger partial charge on any atom is -0.657 e. The van der Waals surface area contributed by atoms with E-state index in [4.69, 9.17) is 25.7 Å². The van der Waals surface area contributed by atoms with Crippen molar-refractivity contribution in [3.63, 3.8) is 0 Å². The van der Waals surface area contributed by atoms with Gasteiger partial charge >= 0.3 is 19.5 Å². The van der Waals surface area contributed by atoms with Gasteiger partial charge in [0.25, 0.3) is 0 Å². The monoisotopic (exact) mass is 1140 g/mol. The molecule has 0 radical (unpaired) electrons. The van der Waals surface area contributed by atoms with Gasteiger partial charge in [0.2, 0.25) is 0 Å². The van der Waals surface area contributed by atoms with E-state index in [1.807, 2.05) is 0 Å². The zero-order valence-electron chi connectivity index (χ0n) is 54.5. The Hall–Kier alpha value is -6.10. The topological polar surface area (TPSA) is 80.0 Å². The van der Waals surface area contributed by atoms with Crippen LogP contribution in [0.15, 0.2) is 97.1 Å². The first-order chi connectivity index (χ1) is 37.1. The Morgan fingerprint density at radius 3 is 0.756 bits per heavy atom. The summed E-state index contributed by atoms with van der Waals surface area (Å²) < 4.78 is 0. The summed E-state index contributed by atoms with van der Waals surface area (Å²) in [6, 6.07) is 37.2. The number of hydrogen-bond donors (Lipinski definition) is 1. The Balaban J connectivity index is 0.00000880. The van der Waals surface area contributed by atoms with Crippen LogP contribution in [0.5, 0.6) is 0 Å². The molecule has 5 nitrogen and oxygen atoms in total. The van der Waals surface area contributed by atoms with Gasteiger partial charge in [0.05, 0.1) is 28.5 Å². The predicted molar refractivity (Wildman–Crippen MR) is 351 cm³/mol. The van der Waals surface area contributed by atoms with Crippen LogP contribution in [0, 0.1) is 0 Å². The number of fused-ring (bicyclic) bond motifs is 8. The van der Waals surface area contributed by atoms with Gasteiger partial charge in [-0.25, -0.2) is 9.97 Å². The number of nitrogens with two attached hydrogens (primary N) is 1. The Morgan fingerprint density at radius 1 is 0.293 bits per heavy atom. The van der Waals surface area contributed by atoms with Gasteiger partial charge in [0, 0.05) is 0 Å². The molecule has 2 aliphatic heterocycles. The smallest absolute Gasteiger partial charge is 0.657 e. The van der Waals surface area contributed by atoms with E-state index in [-0.39, 0.29) is 62.8 Å². The molecule has 7 aromatic rings. The first-order valence-corrected chi connectivity index (χ1v) is 29.6. The van der Waals surface area contributed by atoms with Gasteiger partial charge in [-0.2, -0.15) is 0 Å². The van der Waals surface area contributed by atoms with Crippen molar-refractivity contribution in [3.8, 4) is 44.5 Å². The van der Waals surface area contributed by atoms with E-state index in [1.165, 1.54) is 44.5 Å². The van der Waals surface area contributed by atoms with Crippen molar-refractivity contribution in [2.75, 3.05) is 0 Å². The van der Waals surface area contributed by atoms with Crippen molar-refractivity contribution in [1.29, 1.82) is 0 Å². The van der Waals surface area contributed by atoms with Crippen LogP contribution in [0.4, 0.5) is 0 Å². The molecule has 6 heteroatoms. The van der Waals surface area contributed by atoms with E-state index in [1.54, 1.807) is 0 Å². The van der Waals surface area contributed by atoms with Crippen LogP contribution in [0.25, 0.3) is 90.5 Å². The number of benzene rings is 4. The van der Waals surface area contributed by atoms with Crippen molar-refractivity contribution in [1.82, 2.24) is 19.9 Å². The summed E-state index contributed by atoms with van der Waals surface area (Å²) in [5.74, 6) is 0. The van der Waals surface area contributed by atoms with Gasteiger partial charge in [-0.15, -0.1) is 22.1 Å². The average molecular weight is 1140 g/mol. The third-order valence-electron chi connectivity index (χ3n) is 16.6. The summed E-state index contributed by atoms with van der Waals surface area (Å²) in [5, 5.41) is 0. The van der Waals surface area contributed by atoms with Gasteiger partial charge < -0.3 is 15.7 Å². The molecule has 9 rings (SSSR count). The van der Waals surface area contributed by atoms with Gasteiger partial charge in [-0.1, -0.05) is 263 Å². The molecular weight excluding hydrogens is 1050 g/mol. The molecule has 4 aromatic carbocycles. The second-order valence-corrected chi connectivity index (χ2v) is 31.8. The van der Waals surface area contributed by atoms with E-state index < -0.39 is 0 Å². The van der Waals surface area contributed by atoms with Crippen LogP contribution in [0.3, 0.4) is 0 Å². The fourth-order valence-electron chi connectivity index (χ4n) is 10.9. The van der Waals surface area contributed by atoms with Crippen molar-refractivity contribution < 1.29 is 19.5 Å². The van der Waals surface area contributed by atoms with Crippen molar-refractivity contribution >= 4 is 46.0 Å². The average Bonchev–Trinajstić information content (AvgIpc) is 4.27. The molecule has 0 fully saturated rings. The van der Waals surface area contributed by atoms with Gasteiger partial charge in [-0.3, -0.25) is 0 Å². The number of rotatable bonds is 4. The normalized spacial score (nSPS) is 13.8. The summed E-state index contributed by atoms with van der Waals surface area (Å²) >= 11 is 0. The first-order valence-electron chi connectivity index (χ1n) is 29.6. The molecule has 0 saturated heterocycles. The van der Waals surface area contributed by atoms with Gasteiger partial charge in [-0.05, 0) is 151 Å². The summed E-state index contributed by atoms with van der Waals surface area (Å²) in [7, 11) is 0. The Bertz CT molecular complexity index is 3750. The van der Waals surface area contributed by atoms with Crippen LogP contribution < -0.4 is 15.7 Å². The van der Waals surface area contributed by atoms with E-state index >= 15 is 0 Å². The van der Waals surface area contributed by atoms with Crippen LogP contribution in [0.2, 0.25) is 0 Å². The predicted octanol–water partition coefficient (Wildman–Crippen LogP) is 20.2. The molecule has 0 spiro atoms. The Labute approximate surface area is 506 Å². The van der Waals surface area contributed by atoms with E-state index in [9.17, 15) is 0 Å². The number of aromatic nitrogens is 4. The second-order valence-electron chi connectivity index (χ2n) is 31.8. The largest absolute Gasteiger partial charge is 2.00 e. The van der Waals surface area contributed by atoms with E-state index in [0.29, 0.717) is 11.4 Å². The van der Waals surface area contributed by atoms with Crippen LogP contribution in [-0.2, 0) is 62.8 Å². The first kappa shape index (κ1) is 62.0. The Kier molecular flexibility index (Phi) is 15.8.